The van der Waals surface area contributed by atoms with Crippen LogP contribution < -0.4 is 11.5 Å². The van der Waals surface area contributed by atoms with E-state index in [1.165, 1.54) is 0 Å². The normalized spacial score (nSPS) is 3.88. The van der Waals surface area contributed by atoms with Gasteiger partial charge in [0.2, 0.25) is 0 Å². The smallest absolute Gasteiger partial charge is 0.283 e. The summed E-state index contributed by atoms with van der Waals surface area (Å²) < 4.78 is 0. The first kappa shape index (κ1) is 15.8. The van der Waals surface area contributed by atoms with Gasteiger partial charge in [0, 0.05) is 0 Å². The number of nitrogens with two attached hydrogens (primary N) is 2. The summed E-state index contributed by atoms with van der Waals surface area (Å²) >= 11 is 0. The van der Waals surface area contributed by atoms with Crippen LogP contribution in [0.5, 0.6) is 0 Å². The fourth-order valence-corrected chi connectivity index (χ4v) is 0. The molecule has 0 aliphatic rings. The molecular formula is C2H7ClN4O. The largest absolute Gasteiger partial charge is 0.443 e. The van der Waals surface area contributed by atoms with Crippen LogP contribution in [-0.4, -0.2) is 11.1 Å². The second-order valence-corrected chi connectivity index (χ2v) is 0.555. The molecule has 0 rings (SSSR count). The van der Waals surface area contributed by atoms with Crippen molar-refractivity contribution >= 4 is 18.4 Å². The Hall–Kier alpha value is -1.15. The lowest BCUT2D eigenvalue weighted by Gasteiger charge is -1.69. The zero-order chi connectivity index (χ0) is 6.28. The minimum atomic E-state index is -0.333. The molecule has 0 aliphatic heterocycles. The number of aliphatic hydroxyl groups is 1. The van der Waals surface area contributed by atoms with Crippen molar-refractivity contribution < 1.29 is 5.11 Å². The summed E-state index contributed by atoms with van der Waals surface area (Å²) in [6.45, 7) is 0. The first-order valence-corrected chi connectivity index (χ1v) is 1.27. The monoisotopic (exact) mass is 138 g/mol. The Labute approximate surface area is 52.8 Å². The number of aliphatic hydroxyl groups excluding tert-OH is 1. The molecule has 48 valence electrons. The summed E-state index contributed by atoms with van der Waals surface area (Å²) in [5.41, 5.74) is 8.94. The van der Waals surface area contributed by atoms with Gasteiger partial charge in [0.1, 0.15) is 0 Å². The fourth-order valence-electron chi connectivity index (χ4n) is 0. The van der Waals surface area contributed by atoms with E-state index in [4.69, 9.17) is 15.8 Å². The summed E-state index contributed by atoms with van der Waals surface area (Å²) in [5, 5.41) is 19.8. The van der Waals surface area contributed by atoms with E-state index in [0.717, 1.165) is 6.26 Å². The molecule has 0 saturated heterocycles. The zero-order valence-electron chi connectivity index (χ0n) is 3.96. The molecule has 8 heavy (non-hydrogen) atoms. The van der Waals surface area contributed by atoms with Crippen molar-refractivity contribution in [3.63, 3.8) is 0 Å². The standard InChI is InChI=1S/CH5N3.CHNO.ClH/c2-1(3)4;2-1-3;/h(H5,2,3,4);3H;1H. The topological polar surface area (TPSA) is 120 Å². The summed E-state index contributed by atoms with van der Waals surface area (Å²) in [7, 11) is 0. The Morgan fingerprint density at radius 3 is 1.62 bits per heavy atom. The maximum atomic E-state index is 6.88. The Bertz CT molecular complexity index is 82.5. The van der Waals surface area contributed by atoms with Crippen LogP contribution in [0.25, 0.3) is 0 Å². The Balaban J connectivity index is -0.0000000575. The highest BCUT2D eigenvalue weighted by Crippen LogP contribution is 1.13. The van der Waals surface area contributed by atoms with E-state index < -0.39 is 0 Å². The number of nitriles is 1. The number of guanidine groups is 1. The quantitative estimate of drug-likeness (QED) is 0.197. The molecule has 0 heterocycles. The van der Waals surface area contributed by atoms with Gasteiger partial charge in [-0.15, -0.1) is 12.4 Å². The number of hydrogen-bond donors (Lipinski definition) is 4. The minimum absolute atomic E-state index is 0. The third-order valence-electron chi connectivity index (χ3n) is 0. The number of nitrogens with zero attached hydrogens (tertiary/aromatic N) is 1. The van der Waals surface area contributed by atoms with Crippen LogP contribution in [-0.2, 0) is 0 Å². The molecule has 0 aromatic rings. The van der Waals surface area contributed by atoms with Crippen molar-refractivity contribution in [3.05, 3.63) is 0 Å². The molecule has 5 nitrogen and oxygen atoms in total. The van der Waals surface area contributed by atoms with Crippen molar-refractivity contribution in [2.24, 2.45) is 11.5 Å². The van der Waals surface area contributed by atoms with Crippen molar-refractivity contribution in [2.45, 2.75) is 0 Å². The van der Waals surface area contributed by atoms with Gasteiger partial charge in [0.15, 0.2) is 5.96 Å². The van der Waals surface area contributed by atoms with Crippen LogP contribution >= 0.6 is 12.4 Å². The van der Waals surface area contributed by atoms with Crippen LogP contribution in [0.1, 0.15) is 0 Å². The van der Waals surface area contributed by atoms with Crippen LogP contribution in [0.4, 0.5) is 0 Å². The van der Waals surface area contributed by atoms with Gasteiger partial charge < -0.3 is 16.6 Å². The fraction of sp³-hybridized carbons (Fsp3) is 0. The average molecular weight is 139 g/mol. The molecule has 0 saturated carbocycles. The minimum Gasteiger partial charge on any atom is -0.443 e. The van der Waals surface area contributed by atoms with Gasteiger partial charge in [-0.05, 0) is 0 Å². The predicted molar refractivity (Wildman–Crippen MR) is 30.9 cm³/mol. The molecule has 6 N–H and O–H groups in total. The van der Waals surface area contributed by atoms with E-state index in [-0.39, 0.29) is 18.4 Å². The molecule has 0 aliphatic carbocycles. The SMILES string of the molecule is Cl.N#CO.N=C(N)N. The molecule has 0 aromatic heterocycles. The molecular weight excluding hydrogens is 132 g/mol. The second kappa shape index (κ2) is 16.9. The maximum absolute atomic E-state index is 6.88. The van der Waals surface area contributed by atoms with Crippen LogP contribution in [0.2, 0.25) is 0 Å². The average Bonchev–Trinajstić information content (AvgIpc) is 1.33. The van der Waals surface area contributed by atoms with Crippen molar-refractivity contribution in [1.29, 1.82) is 10.7 Å². The van der Waals surface area contributed by atoms with Crippen molar-refractivity contribution in [3.8, 4) is 6.26 Å². The van der Waals surface area contributed by atoms with Crippen LogP contribution in [0.15, 0.2) is 0 Å². The summed E-state index contributed by atoms with van der Waals surface area (Å²) in [5.74, 6) is -0.333. The first-order chi connectivity index (χ1) is 3.15. The van der Waals surface area contributed by atoms with Gasteiger partial charge in [-0.3, -0.25) is 5.41 Å². The van der Waals surface area contributed by atoms with Gasteiger partial charge >= 0.3 is 0 Å². The second-order valence-electron chi connectivity index (χ2n) is 0.555. The van der Waals surface area contributed by atoms with E-state index in [0.29, 0.717) is 0 Å². The third-order valence-corrected chi connectivity index (χ3v) is 0. The third kappa shape index (κ3) is 54.4. The molecule has 0 fully saturated rings. The van der Waals surface area contributed by atoms with Crippen molar-refractivity contribution in [2.75, 3.05) is 0 Å². The van der Waals surface area contributed by atoms with E-state index in [2.05, 4.69) is 11.5 Å². The number of halogens is 1. The van der Waals surface area contributed by atoms with Crippen LogP contribution in [0.3, 0.4) is 0 Å². The molecule has 0 aromatic carbocycles. The molecule has 0 spiro atoms. The lowest BCUT2D eigenvalue weighted by atomic mass is 11.1. The molecule has 0 unspecified atom stereocenters. The Morgan fingerprint density at radius 2 is 1.62 bits per heavy atom. The van der Waals surface area contributed by atoms with E-state index in [1.54, 1.807) is 0 Å². The lowest BCUT2D eigenvalue weighted by molar-refractivity contribution is 0.503. The number of rotatable bonds is 0. The summed E-state index contributed by atoms with van der Waals surface area (Å²) in [6.07, 6.45) is 0.750. The molecule has 0 bridgehead atoms. The van der Waals surface area contributed by atoms with Crippen LogP contribution in [0, 0.1) is 16.9 Å². The highest BCUT2D eigenvalue weighted by molar-refractivity contribution is 5.85. The van der Waals surface area contributed by atoms with Gasteiger partial charge in [-0.25, -0.2) is 0 Å². The number of hydrogen-bond acceptors (Lipinski definition) is 3. The maximum Gasteiger partial charge on any atom is 0.283 e. The van der Waals surface area contributed by atoms with Gasteiger partial charge in [0.25, 0.3) is 6.26 Å². The Morgan fingerprint density at radius 1 is 1.62 bits per heavy atom. The molecule has 6 heteroatoms. The molecule has 0 radical (unpaired) electrons. The van der Waals surface area contributed by atoms with Crippen molar-refractivity contribution in [1.82, 2.24) is 0 Å². The predicted octanol–water partition coefficient (Wildman–Crippen LogP) is -0.900. The summed E-state index contributed by atoms with van der Waals surface area (Å²) in [6, 6.07) is 0. The highest BCUT2D eigenvalue weighted by atomic mass is 35.5. The van der Waals surface area contributed by atoms with Gasteiger partial charge in [-0.1, -0.05) is 0 Å². The first-order valence-electron chi connectivity index (χ1n) is 1.27. The molecule has 0 atom stereocenters. The van der Waals surface area contributed by atoms with E-state index in [9.17, 15) is 0 Å². The summed E-state index contributed by atoms with van der Waals surface area (Å²) in [4.78, 5) is 0. The van der Waals surface area contributed by atoms with E-state index in [1.807, 2.05) is 0 Å². The van der Waals surface area contributed by atoms with E-state index >= 15 is 0 Å². The lowest BCUT2D eigenvalue weighted by Crippen LogP contribution is -2.20. The number of nitrogens with one attached hydrogen (secondary N) is 1. The Kier molecular flexibility index (Phi) is 33.5. The van der Waals surface area contributed by atoms with Gasteiger partial charge in [-0.2, -0.15) is 5.26 Å². The zero-order valence-corrected chi connectivity index (χ0v) is 4.77. The van der Waals surface area contributed by atoms with Gasteiger partial charge in [0.05, 0.1) is 0 Å². The highest BCUT2D eigenvalue weighted by Gasteiger charge is 1.52. The molecule has 0 amide bonds.